The molecule has 24 heavy (non-hydrogen) atoms. The van der Waals surface area contributed by atoms with Gasteiger partial charge in [-0.2, -0.15) is 0 Å². The van der Waals surface area contributed by atoms with Crippen LogP contribution in [0.3, 0.4) is 0 Å². The molecule has 0 aromatic carbocycles. The summed E-state index contributed by atoms with van der Waals surface area (Å²) in [5.41, 5.74) is -0.557. The molecular formula is C21H32O3. The van der Waals surface area contributed by atoms with Crippen LogP contribution in [0.2, 0.25) is 0 Å². The van der Waals surface area contributed by atoms with E-state index in [1.54, 1.807) is 0 Å². The van der Waals surface area contributed by atoms with E-state index in [1.807, 2.05) is 13.8 Å². The van der Waals surface area contributed by atoms with Crippen LogP contribution in [0.1, 0.15) is 78.6 Å². The van der Waals surface area contributed by atoms with E-state index in [1.165, 1.54) is 6.42 Å². The lowest BCUT2D eigenvalue weighted by molar-refractivity contribution is -0.290. The molecule has 3 nitrogen and oxygen atoms in total. The zero-order valence-electron chi connectivity index (χ0n) is 15.4. The smallest absolute Gasteiger partial charge is 0.312 e. The third-order valence-electron chi connectivity index (χ3n) is 9.09. The number of esters is 1. The van der Waals surface area contributed by atoms with Crippen LogP contribution in [-0.4, -0.2) is 22.3 Å². The molecule has 6 aliphatic carbocycles. The minimum Gasteiger partial charge on any atom is -0.459 e. The van der Waals surface area contributed by atoms with Crippen molar-refractivity contribution in [2.75, 3.05) is 0 Å². The molecule has 0 saturated heterocycles. The van der Waals surface area contributed by atoms with E-state index in [4.69, 9.17) is 4.74 Å². The Balaban J connectivity index is 1.48. The van der Waals surface area contributed by atoms with Crippen LogP contribution in [-0.2, 0) is 9.53 Å². The van der Waals surface area contributed by atoms with Gasteiger partial charge in [-0.05, 0) is 101 Å². The Morgan fingerprint density at radius 2 is 1.92 bits per heavy atom. The van der Waals surface area contributed by atoms with E-state index < -0.39 is 0 Å². The second kappa shape index (κ2) is 4.39. The maximum absolute atomic E-state index is 12.8. The molecule has 1 spiro atoms. The van der Waals surface area contributed by atoms with Gasteiger partial charge in [-0.3, -0.25) is 4.79 Å². The highest BCUT2D eigenvalue weighted by Gasteiger charge is 2.71. The molecule has 7 atom stereocenters. The molecule has 6 fully saturated rings. The van der Waals surface area contributed by atoms with Crippen molar-refractivity contribution in [3.63, 3.8) is 0 Å². The van der Waals surface area contributed by atoms with Crippen molar-refractivity contribution < 1.29 is 14.6 Å². The Hall–Kier alpha value is -0.570. The number of rotatable bonds is 3. The first kappa shape index (κ1) is 15.7. The number of ether oxygens (including phenoxy) is 1. The summed E-state index contributed by atoms with van der Waals surface area (Å²) >= 11 is 0. The number of aliphatic hydroxyl groups is 1. The molecule has 0 aliphatic heterocycles. The molecule has 0 amide bonds. The van der Waals surface area contributed by atoms with E-state index >= 15 is 0 Å². The SMILES string of the molecule is CCC(C)(C)C(=O)OC12CC3CC4(CCC5(O)CC3C(C1)C4C5)C2. The van der Waals surface area contributed by atoms with Crippen LogP contribution in [0.15, 0.2) is 0 Å². The van der Waals surface area contributed by atoms with Gasteiger partial charge in [0, 0.05) is 0 Å². The summed E-state index contributed by atoms with van der Waals surface area (Å²) in [6, 6.07) is 0. The van der Waals surface area contributed by atoms with Gasteiger partial charge in [-0.25, -0.2) is 0 Å². The van der Waals surface area contributed by atoms with E-state index in [0.717, 1.165) is 51.4 Å². The van der Waals surface area contributed by atoms with Crippen LogP contribution in [0.5, 0.6) is 0 Å². The van der Waals surface area contributed by atoms with Gasteiger partial charge in [0.25, 0.3) is 0 Å². The Morgan fingerprint density at radius 3 is 2.67 bits per heavy atom. The fraction of sp³-hybridized carbons (Fsp3) is 0.952. The average Bonchev–Trinajstić information content (AvgIpc) is 2.51. The molecule has 1 N–H and O–H groups in total. The van der Waals surface area contributed by atoms with Gasteiger partial charge in [-0.1, -0.05) is 6.92 Å². The highest BCUT2D eigenvalue weighted by Crippen LogP contribution is 2.75. The monoisotopic (exact) mass is 332 g/mol. The normalized spacial score (nSPS) is 54.2. The predicted molar refractivity (Wildman–Crippen MR) is 91.2 cm³/mol. The third kappa shape index (κ3) is 1.86. The molecule has 3 heteroatoms. The van der Waals surface area contributed by atoms with Crippen molar-refractivity contribution >= 4 is 5.97 Å². The largest absolute Gasteiger partial charge is 0.459 e. The summed E-state index contributed by atoms with van der Waals surface area (Å²) in [7, 11) is 0. The van der Waals surface area contributed by atoms with Crippen LogP contribution < -0.4 is 0 Å². The fourth-order valence-corrected chi connectivity index (χ4v) is 7.70. The first-order chi connectivity index (χ1) is 11.2. The Kier molecular flexibility index (Phi) is 2.87. The van der Waals surface area contributed by atoms with Crippen molar-refractivity contribution in [1.82, 2.24) is 0 Å². The standard InChI is InChI=1S/C21H32O3/c1-4-18(2,3)17(22)24-21-8-13-7-19(12-21)5-6-20(23)9-14(13)15(10-21)16(19)11-20/h13-16,23H,4-12H2,1-3H3. The molecule has 134 valence electrons. The minimum atomic E-state index is -0.371. The van der Waals surface area contributed by atoms with Crippen molar-refractivity contribution in [1.29, 1.82) is 0 Å². The van der Waals surface area contributed by atoms with Gasteiger partial charge in [0.1, 0.15) is 5.60 Å². The number of hydrogen-bond acceptors (Lipinski definition) is 3. The van der Waals surface area contributed by atoms with Crippen LogP contribution in [0, 0.1) is 34.5 Å². The predicted octanol–water partition coefficient (Wildman–Crippen LogP) is 4.08. The lowest BCUT2D eigenvalue weighted by Gasteiger charge is -2.73. The number of fused-ring (bicyclic) bond motifs is 1. The summed E-state index contributed by atoms with van der Waals surface area (Å²) in [5.74, 6) is 2.77. The van der Waals surface area contributed by atoms with Gasteiger partial charge in [0.15, 0.2) is 0 Å². The van der Waals surface area contributed by atoms with Gasteiger partial charge < -0.3 is 9.84 Å². The van der Waals surface area contributed by atoms with Gasteiger partial charge in [0.2, 0.25) is 0 Å². The van der Waals surface area contributed by atoms with Gasteiger partial charge in [0.05, 0.1) is 11.0 Å². The fourth-order valence-electron chi connectivity index (χ4n) is 7.70. The van der Waals surface area contributed by atoms with Crippen LogP contribution >= 0.6 is 0 Å². The molecule has 7 bridgehead atoms. The summed E-state index contributed by atoms with van der Waals surface area (Å²) in [4.78, 5) is 12.8. The Morgan fingerprint density at radius 1 is 1.12 bits per heavy atom. The van der Waals surface area contributed by atoms with Gasteiger partial charge in [-0.15, -0.1) is 0 Å². The second-order valence-electron chi connectivity index (χ2n) is 10.8. The van der Waals surface area contributed by atoms with Crippen molar-refractivity contribution in [2.45, 2.75) is 89.8 Å². The number of carbonyl (C=O) groups is 1. The first-order valence-electron chi connectivity index (χ1n) is 10.2. The van der Waals surface area contributed by atoms with E-state index in [0.29, 0.717) is 29.1 Å². The first-order valence-corrected chi connectivity index (χ1v) is 10.2. The van der Waals surface area contributed by atoms with E-state index in [9.17, 15) is 9.90 Å². The number of hydrogen-bond donors (Lipinski definition) is 1. The average molecular weight is 332 g/mol. The maximum atomic E-state index is 12.8. The number of carbonyl (C=O) groups excluding carboxylic acids is 1. The van der Waals surface area contributed by atoms with Gasteiger partial charge >= 0.3 is 5.97 Å². The molecular weight excluding hydrogens is 300 g/mol. The topological polar surface area (TPSA) is 46.5 Å². The quantitative estimate of drug-likeness (QED) is 0.792. The highest BCUT2D eigenvalue weighted by molar-refractivity contribution is 5.76. The van der Waals surface area contributed by atoms with Crippen molar-refractivity contribution in [2.24, 2.45) is 34.5 Å². The summed E-state index contributed by atoms with van der Waals surface area (Å²) in [5, 5.41) is 11.0. The molecule has 0 radical (unpaired) electrons. The van der Waals surface area contributed by atoms with E-state index in [2.05, 4.69) is 6.92 Å². The molecule has 0 aromatic heterocycles. The molecule has 0 heterocycles. The molecule has 6 rings (SSSR count). The zero-order chi connectivity index (χ0) is 17.0. The van der Waals surface area contributed by atoms with Crippen molar-refractivity contribution in [3.05, 3.63) is 0 Å². The summed E-state index contributed by atoms with van der Waals surface area (Å²) in [6.07, 6.45) is 9.54. The minimum absolute atomic E-state index is 0.0147. The maximum Gasteiger partial charge on any atom is 0.312 e. The molecule has 7 unspecified atom stereocenters. The molecule has 6 saturated carbocycles. The van der Waals surface area contributed by atoms with Crippen molar-refractivity contribution in [3.8, 4) is 0 Å². The Bertz CT molecular complexity index is 594. The van der Waals surface area contributed by atoms with E-state index in [-0.39, 0.29) is 22.6 Å². The molecule has 0 aromatic rings. The second-order valence-corrected chi connectivity index (χ2v) is 10.8. The van der Waals surface area contributed by atoms with Crippen LogP contribution in [0.25, 0.3) is 0 Å². The highest BCUT2D eigenvalue weighted by atomic mass is 16.6. The Labute approximate surface area is 145 Å². The summed E-state index contributed by atoms with van der Waals surface area (Å²) in [6.45, 7) is 6.11. The molecule has 6 aliphatic rings. The lowest BCUT2D eigenvalue weighted by Crippen LogP contribution is -2.70. The lowest BCUT2D eigenvalue weighted by atomic mass is 9.33. The third-order valence-corrected chi connectivity index (χ3v) is 9.09. The summed E-state index contributed by atoms with van der Waals surface area (Å²) < 4.78 is 6.34. The zero-order valence-corrected chi connectivity index (χ0v) is 15.4. The van der Waals surface area contributed by atoms with Crippen LogP contribution in [0.4, 0.5) is 0 Å².